The minimum Gasteiger partial charge on any atom is -0.329 e. The van der Waals surface area contributed by atoms with Crippen LogP contribution in [-0.4, -0.2) is 26.8 Å². The SMILES string of the molecule is NCCS(=O)(=O)NC1CCCC1. The molecule has 0 heterocycles. The van der Waals surface area contributed by atoms with Gasteiger partial charge in [0.15, 0.2) is 0 Å². The van der Waals surface area contributed by atoms with Gasteiger partial charge in [-0.25, -0.2) is 13.1 Å². The Morgan fingerprint density at radius 2 is 1.92 bits per heavy atom. The third kappa shape index (κ3) is 3.08. The molecular weight excluding hydrogens is 176 g/mol. The summed E-state index contributed by atoms with van der Waals surface area (Å²) < 4.78 is 25.0. The largest absolute Gasteiger partial charge is 0.329 e. The van der Waals surface area contributed by atoms with Crippen LogP contribution in [0.4, 0.5) is 0 Å². The number of hydrogen-bond acceptors (Lipinski definition) is 3. The van der Waals surface area contributed by atoms with Crippen molar-refractivity contribution in [1.82, 2.24) is 4.72 Å². The van der Waals surface area contributed by atoms with Gasteiger partial charge < -0.3 is 5.73 Å². The topological polar surface area (TPSA) is 72.2 Å². The zero-order valence-electron chi connectivity index (χ0n) is 7.12. The van der Waals surface area contributed by atoms with Gasteiger partial charge in [-0.1, -0.05) is 12.8 Å². The lowest BCUT2D eigenvalue weighted by Crippen LogP contribution is -2.36. The molecule has 1 aliphatic carbocycles. The van der Waals surface area contributed by atoms with Crippen LogP contribution in [0.15, 0.2) is 0 Å². The van der Waals surface area contributed by atoms with Crippen LogP contribution < -0.4 is 10.5 Å². The minimum absolute atomic E-state index is 0.0451. The van der Waals surface area contributed by atoms with E-state index in [9.17, 15) is 8.42 Å². The molecule has 12 heavy (non-hydrogen) atoms. The lowest BCUT2D eigenvalue weighted by Gasteiger charge is -2.11. The molecule has 1 fully saturated rings. The van der Waals surface area contributed by atoms with Crippen molar-refractivity contribution in [2.45, 2.75) is 31.7 Å². The van der Waals surface area contributed by atoms with E-state index >= 15 is 0 Å². The molecule has 1 saturated carbocycles. The van der Waals surface area contributed by atoms with E-state index in [0.717, 1.165) is 25.7 Å². The van der Waals surface area contributed by atoms with Gasteiger partial charge in [-0.05, 0) is 12.8 Å². The van der Waals surface area contributed by atoms with Crippen LogP contribution in [0, 0.1) is 0 Å². The van der Waals surface area contributed by atoms with Crippen molar-refractivity contribution in [3.63, 3.8) is 0 Å². The third-order valence-corrected chi connectivity index (χ3v) is 3.55. The van der Waals surface area contributed by atoms with Crippen LogP contribution >= 0.6 is 0 Å². The van der Waals surface area contributed by atoms with Gasteiger partial charge in [0, 0.05) is 12.6 Å². The average Bonchev–Trinajstić information content (AvgIpc) is 2.38. The maximum absolute atomic E-state index is 11.2. The Hall–Kier alpha value is -0.130. The van der Waals surface area contributed by atoms with E-state index in [4.69, 9.17) is 5.73 Å². The third-order valence-electron chi connectivity index (χ3n) is 2.09. The molecular formula is C7H16N2O2S. The molecule has 5 heteroatoms. The van der Waals surface area contributed by atoms with Crippen LogP contribution in [-0.2, 0) is 10.0 Å². The van der Waals surface area contributed by atoms with Crippen molar-refractivity contribution in [2.24, 2.45) is 5.73 Å². The van der Waals surface area contributed by atoms with Crippen molar-refractivity contribution in [2.75, 3.05) is 12.3 Å². The lowest BCUT2D eigenvalue weighted by molar-refractivity contribution is 0.552. The molecule has 0 radical (unpaired) electrons. The first kappa shape index (κ1) is 9.95. The number of nitrogens with one attached hydrogen (secondary N) is 1. The molecule has 1 aliphatic rings. The Labute approximate surface area is 73.6 Å². The number of hydrogen-bond donors (Lipinski definition) is 2. The molecule has 72 valence electrons. The summed E-state index contributed by atoms with van der Waals surface area (Å²) in [5.41, 5.74) is 5.17. The maximum atomic E-state index is 11.2. The predicted octanol–water partition coefficient (Wildman–Crippen LogP) is -0.193. The van der Waals surface area contributed by atoms with E-state index in [1.807, 2.05) is 0 Å². The highest BCUT2D eigenvalue weighted by atomic mass is 32.2. The summed E-state index contributed by atoms with van der Waals surface area (Å²) in [6.07, 6.45) is 4.22. The van der Waals surface area contributed by atoms with Crippen LogP contribution in [0.3, 0.4) is 0 Å². The Kier molecular flexibility index (Phi) is 3.49. The normalized spacial score (nSPS) is 20.1. The molecule has 0 spiro atoms. The summed E-state index contributed by atoms with van der Waals surface area (Å²) in [4.78, 5) is 0. The van der Waals surface area contributed by atoms with Crippen molar-refractivity contribution < 1.29 is 8.42 Å². The Bertz CT molecular complexity index is 220. The summed E-state index contributed by atoms with van der Waals surface area (Å²) in [5, 5.41) is 0. The summed E-state index contributed by atoms with van der Waals surface area (Å²) >= 11 is 0. The standard InChI is InChI=1S/C7H16N2O2S/c8-5-6-12(10,11)9-7-3-1-2-4-7/h7,9H,1-6,8H2. The number of rotatable bonds is 4. The molecule has 0 aliphatic heterocycles. The van der Waals surface area contributed by atoms with Crippen molar-refractivity contribution >= 4 is 10.0 Å². The smallest absolute Gasteiger partial charge is 0.213 e. The van der Waals surface area contributed by atoms with Crippen LogP contribution in [0.25, 0.3) is 0 Å². The highest BCUT2D eigenvalue weighted by Crippen LogP contribution is 2.18. The van der Waals surface area contributed by atoms with Crippen molar-refractivity contribution in [3.05, 3.63) is 0 Å². The monoisotopic (exact) mass is 192 g/mol. The van der Waals surface area contributed by atoms with Crippen molar-refractivity contribution in [3.8, 4) is 0 Å². The summed E-state index contributed by atoms with van der Waals surface area (Å²) in [7, 11) is -3.09. The molecule has 0 unspecified atom stereocenters. The Balaban J connectivity index is 2.38. The van der Waals surface area contributed by atoms with Gasteiger partial charge in [0.05, 0.1) is 5.75 Å². The van der Waals surface area contributed by atoms with E-state index < -0.39 is 10.0 Å². The van der Waals surface area contributed by atoms with Crippen molar-refractivity contribution in [1.29, 1.82) is 0 Å². The second kappa shape index (κ2) is 4.20. The second-order valence-electron chi connectivity index (χ2n) is 3.21. The summed E-state index contributed by atoms with van der Waals surface area (Å²) in [6.45, 7) is 0.196. The molecule has 0 aromatic heterocycles. The fraction of sp³-hybridized carbons (Fsp3) is 1.00. The van der Waals surface area contributed by atoms with Gasteiger partial charge in [-0.3, -0.25) is 0 Å². The van der Waals surface area contributed by atoms with Gasteiger partial charge >= 0.3 is 0 Å². The quantitative estimate of drug-likeness (QED) is 0.648. The van der Waals surface area contributed by atoms with E-state index in [1.165, 1.54) is 0 Å². The number of sulfonamides is 1. The molecule has 0 atom stereocenters. The van der Waals surface area contributed by atoms with Gasteiger partial charge in [-0.2, -0.15) is 0 Å². The van der Waals surface area contributed by atoms with Crippen LogP contribution in [0.2, 0.25) is 0 Å². The molecule has 3 N–H and O–H groups in total. The molecule has 0 bridgehead atoms. The van der Waals surface area contributed by atoms with Crippen LogP contribution in [0.5, 0.6) is 0 Å². The molecule has 1 rings (SSSR count). The Morgan fingerprint density at radius 1 is 1.33 bits per heavy atom. The summed E-state index contributed by atoms with van der Waals surface area (Å²) in [6, 6.07) is 0.168. The average molecular weight is 192 g/mol. The molecule has 4 nitrogen and oxygen atoms in total. The van der Waals surface area contributed by atoms with Crippen LogP contribution in [0.1, 0.15) is 25.7 Å². The highest BCUT2D eigenvalue weighted by molar-refractivity contribution is 7.89. The zero-order valence-corrected chi connectivity index (χ0v) is 7.94. The number of nitrogens with two attached hydrogens (primary N) is 1. The molecule has 0 aromatic carbocycles. The van der Waals surface area contributed by atoms with E-state index in [0.29, 0.717) is 0 Å². The highest BCUT2D eigenvalue weighted by Gasteiger charge is 2.20. The minimum atomic E-state index is -3.09. The first-order valence-corrected chi connectivity index (χ1v) is 5.99. The van der Waals surface area contributed by atoms with E-state index in [1.54, 1.807) is 0 Å². The fourth-order valence-corrected chi connectivity index (χ4v) is 2.68. The first-order chi connectivity index (χ1) is 5.64. The van der Waals surface area contributed by atoms with E-state index in [2.05, 4.69) is 4.72 Å². The molecule has 0 saturated heterocycles. The zero-order chi connectivity index (χ0) is 9.03. The van der Waals surface area contributed by atoms with Gasteiger partial charge in [0.1, 0.15) is 0 Å². The first-order valence-electron chi connectivity index (χ1n) is 4.34. The summed E-state index contributed by atoms with van der Waals surface area (Å²) in [5.74, 6) is 0.0451. The fourth-order valence-electron chi connectivity index (χ4n) is 1.51. The van der Waals surface area contributed by atoms with Gasteiger partial charge in [0.25, 0.3) is 0 Å². The molecule has 0 aromatic rings. The van der Waals surface area contributed by atoms with E-state index in [-0.39, 0.29) is 18.3 Å². The van der Waals surface area contributed by atoms with Gasteiger partial charge in [-0.15, -0.1) is 0 Å². The van der Waals surface area contributed by atoms with Gasteiger partial charge in [0.2, 0.25) is 10.0 Å². The maximum Gasteiger partial charge on any atom is 0.213 e. The lowest BCUT2D eigenvalue weighted by atomic mass is 10.3. The predicted molar refractivity (Wildman–Crippen MR) is 48.2 cm³/mol. The second-order valence-corrected chi connectivity index (χ2v) is 5.08. The Morgan fingerprint density at radius 3 is 2.42 bits per heavy atom. The molecule has 0 amide bonds.